The molecule has 1 fully saturated rings. The minimum atomic E-state index is -3.77. The standard InChI is InChI=1S/C15H22N2O5S2/c1-17(2)8-7-16-15(18)12-4-3-5-13(10-12)24(21,22)14-6-9-23(19,20)11-14/h3-5,10,14H,6-9,11H2,1-2H3,(H,16,18). The van der Waals surface area contributed by atoms with E-state index in [2.05, 4.69) is 5.32 Å². The third-order valence-corrected chi connectivity index (χ3v) is 8.07. The number of carbonyl (C=O) groups excluding carboxylic acids is 1. The molecule has 1 saturated heterocycles. The number of rotatable bonds is 6. The smallest absolute Gasteiger partial charge is 0.251 e. The molecule has 24 heavy (non-hydrogen) atoms. The zero-order valence-corrected chi connectivity index (χ0v) is 15.4. The summed E-state index contributed by atoms with van der Waals surface area (Å²) in [6.45, 7) is 1.12. The zero-order chi connectivity index (χ0) is 18.0. The lowest BCUT2D eigenvalue weighted by atomic mass is 10.2. The Labute approximate surface area is 142 Å². The van der Waals surface area contributed by atoms with Gasteiger partial charge in [-0.2, -0.15) is 0 Å². The summed E-state index contributed by atoms with van der Waals surface area (Å²) in [4.78, 5) is 14.0. The van der Waals surface area contributed by atoms with Crippen LogP contribution in [0.5, 0.6) is 0 Å². The van der Waals surface area contributed by atoms with Crippen molar-refractivity contribution in [3.8, 4) is 0 Å². The van der Waals surface area contributed by atoms with E-state index in [1.165, 1.54) is 24.3 Å². The van der Waals surface area contributed by atoms with Crippen molar-refractivity contribution in [2.24, 2.45) is 0 Å². The monoisotopic (exact) mass is 374 g/mol. The lowest BCUT2D eigenvalue weighted by Gasteiger charge is -2.12. The number of hydrogen-bond acceptors (Lipinski definition) is 6. The topological polar surface area (TPSA) is 101 Å². The maximum Gasteiger partial charge on any atom is 0.251 e. The van der Waals surface area contributed by atoms with Gasteiger partial charge in [0.25, 0.3) is 5.91 Å². The number of nitrogens with zero attached hydrogens (tertiary/aromatic N) is 1. The molecule has 2 rings (SSSR count). The predicted octanol–water partition coefficient (Wildman–Crippen LogP) is -0.0612. The minimum Gasteiger partial charge on any atom is -0.351 e. The molecule has 134 valence electrons. The molecular weight excluding hydrogens is 352 g/mol. The summed E-state index contributed by atoms with van der Waals surface area (Å²) in [5.41, 5.74) is 0.246. The molecule has 1 aromatic rings. The van der Waals surface area contributed by atoms with Gasteiger partial charge in [0.15, 0.2) is 19.7 Å². The van der Waals surface area contributed by atoms with Gasteiger partial charge in [0.05, 0.1) is 21.7 Å². The molecule has 1 N–H and O–H groups in total. The van der Waals surface area contributed by atoms with E-state index in [-0.39, 0.29) is 34.3 Å². The molecule has 0 aromatic heterocycles. The average Bonchev–Trinajstić information content (AvgIpc) is 2.88. The van der Waals surface area contributed by atoms with Crippen LogP contribution in [0, 0.1) is 0 Å². The summed E-state index contributed by atoms with van der Waals surface area (Å²) >= 11 is 0. The summed E-state index contributed by atoms with van der Waals surface area (Å²) in [5.74, 6) is -0.816. The maximum absolute atomic E-state index is 12.6. The quantitative estimate of drug-likeness (QED) is 0.749. The molecule has 7 nitrogen and oxygen atoms in total. The number of hydrogen-bond donors (Lipinski definition) is 1. The summed E-state index contributed by atoms with van der Waals surface area (Å²) in [6, 6.07) is 5.74. The van der Waals surface area contributed by atoms with Gasteiger partial charge in [-0.1, -0.05) is 6.07 Å². The Kier molecular flexibility index (Phi) is 5.67. The van der Waals surface area contributed by atoms with E-state index in [1.54, 1.807) is 0 Å². The van der Waals surface area contributed by atoms with Crippen LogP contribution in [-0.4, -0.2) is 71.6 Å². The molecule has 0 aliphatic carbocycles. The SMILES string of the molecule is CN(C)CCNC(=O)c1cccc(S(=O)(=O)C2CCS(=O)(=O)C2)c1. The van der Waals surface area contributed by atoms with Crippen LogP contribution in [-0.2, 0) is 19.7 Å². The van der Waals surface area contributed by atoms with Crippen molar-refractivity contribution < 1.29 is 21.6 Å². The first-order valence-corrected chi connectivity index (χ1v) is 11.0. The summed E-state index contributed by atoms with van der Waals surface area (Å²) in [6.07, 6.45) is 0.101. The lowest BCUT2D eigenvalue weighted by molar-refractivity contribution is 0.0951. The van der Waals surface area contributed by atoms with E-state index in [9.17, 15) is 21.6 Å². The van der Waals surface area contributed by atoms with E-state index in [4.69, 9.17) is 0 Å². The number of sulfone groups is 2. The summed E-state index contributed by atoms with van der Waals surface area (Å²) < 4.78 is 48.3. The number of benzene rings is 1. The Morgan fingerprint density at radius 1 is 1.33 bits per heavy atom. The fraction of sp³-hybridized carbons (Fsp3) is 0.533. The molecule has 1 unspecified atom stereocenters. The van der Waals surface area contributed by atoms with E-state index in [1.807, 2.05) is 19.0 Å². The Bertz CT molecular complexity index is 816. The van der Waals surface area contributed by atoms with Crippen LogP contribution in [0.4, 0.5) is 0 Å². The highest BCUT2D eigenvalue weighted by Crippen LogP contribution is 2.25. The van der Waals surface area contributed by atoms with E-state index in [0.29, 0.717) is 13.1 Å². The van der Waals surface area contributed by atoms with Crippen LogP contribution >= 0.6 is 0 Å². The average molecular weight is 374 g/mol. The normalized spacial score (nSPS) is 20.2. The minimum absolute atomic E-state index is 0.00939. The predicted molar refractivity (Wildman–Crippen MR) is 91.6 cm³/mol. The maximum atomic E-state index is 12.6. The van der Waals surface area contributed by atoms with Crippen LogP contribution in [0.2, 0.25) is 0 Å². The van der Waals surface area contributed by atoms with E-state index in [0.717, 1.165) is 0 Å². The molecule has 1 aliphatic rings. The van der Waals surface area contributed by atoms with Crippen molar-refractivity contribution in [3.63, 3.8) is 0 Å². The van der Waals surface area contributed by atoms with E-state index < -0.39 is 24.9 Å². The number of amides is 1. The van der Waals surface area contributed by atoms with Crippen LogP contribution in [0.15, 0.2) is 29.2 Å². The third-order valence-electron chi connectivity index (χ3n) is 3.90. The number of nitrogens with one attached hydrogen (secondary N) is 1. The highest BCUT2D eigenvalue weighted by molar-refractivity contribution is 7.96. The van der Waals surface area contributed by atoms with Crippen molar-refractivity contribution >= 4 is 25.6 Å². The Hall–Kier alpha value is -1.45. The van der Waals surface area contributed by atoms with Crippen molar-refractivity contribution in [1.82, 2.24) is 10.2 Å². The first kappa shape index (κ1) is 18.9. The molecule has 0 saturated carbocycles. The second kappa shape index (κ2) is 7.20. The first-order chi connectivity index (χ1) is 11.1. The zero-order valence-electron chi connectivity index (χ0n) is 13.7. The van der Waals surface area contributed by atoms with Gasteiger partial charge in [-0.3, -0.25) is 4.79 Å². The van der Waals surface area contributed by atoms with E-state index >= 15 is 0 Å². The molecule has 0 radical (unpaired) electrons. The van der Waals surface area contributed by atoms with Gasteiger partial charge in [0, 0.05) is 18.7 Å². The van der Waals surface area contributed by atoms with Gasteiger partial charge in [-0.15, -0.1) is 0 Å². The summed E-state index contributed by atoms with van der Waals surface area (Å²) in [5, 5.41) is 1.78. The molecule has 0 spiro atoms. The fourth-order valence-corrected chi connectivity index (χ4v) is 6.91. The highest BCUT2D eigenvalue weighted by atomic mass is 32.2. The highest BCUT2D eigenvalue weighted by Gasteiger charge is 2.38. The van der Waals surface area contributed by atoms with Gasteiger partial charge in [0.1, 0.15) is 0 Å². The number of carbonyl (C=O) groups is 1. The number of likely N-dealkylation sites (N-methyl/N-ethyl adjacent to an activating group) is 1. The fourth-order valence-electron chi connectivity index (χ4n) is 2.51. The van der Waals surface area contributed by atoms with Crippen molar-refractivity contribution in [3.05, 3.63) is 29.8 Å². The lowest BCUT2D eigenvalue weighted by Crippen LogP contribution is -2.31. The summed E-state index contributed by atoms with van der Waals surface area (Å²) in [7, 11) is -3.30. The molecule has 9 heteroatoms. The largest absolute Gasteiger partial charge is 0.351 e. The molecule has 1 aliphatic heterocycles. The molecule has 1 aromatic carbocycles. The second-order valence-corrected chi connectivity index (χ2v) is 10.6. The Morgan fingerprint density at radius 3 is 2.62 bits per heavy atom. The molecular formula is C15H22N2O5S2. The molecule has 1 heterocycles. The third kappa shape index (κ3) is 4.55. The van der Waals surface area contributed by atoms with Gasteiger partial charge in [-0.05, 0) is 38.7 Å². The first-order valence-electron chi connectivity index (χ1n) is 7.59. The van der Waals surface area contributed by atoms with Gasteiger partial charge >= 0.3 is 0 Å². The van der Waals surface area contributed by atoms with Gasteiger partial charge in [-0.25, -0.2) is 16.8 Å². The van der Waals surface area contributed by atoms with Crippen molar-refractivity contribution in [1.29, 1.82) is 0 Å². The van der Waals surface area contributed by atoms with Gasteiger partial charge in [0.2, 0.25) is 0 Å². The van der Waals surface area contributed by atoms with Crippen molar-refractivity contribution in [2.75, 3.05) is 38.7 Å². The Morgan fingerprint density at radius 2 is 2.04 bits per heavy atom. The molecule has 1 atom stereocenters. The molecule has 0 bridgehead atoms. The molecule has 1 amide bonds. The van der Waals surface area contributed by atoms with Crippen LogP contribution in [0.1, 0.15) is 16.8 Å². The van der Waals surface area contributed by atoms with Crippen molar-refractivity contribution in [2.45, 2.75) is 16.6 Å². The Balaban J connectivity index is 2.16. The van der Waals surface area contributed by atoms with Crippen LogP contribution in [0.25, 0.3) is 0 Å². The van der Waals surface area contributed by atoms with Crippen LogP contribution in [0.3, 0.4) is 0 Å². The van der Waals surface area contributed by atoms with Gasteiger partial charge < -0.3 is 10.2 Å². The van der Waals surface area contributed by atoms with Crippen LogP contribution < -0.4 is 5.32 Å². The second-order valence-electron chi connectivity index (χ2n) is 6.16.